The van der Waals surface area contributed by atoms with Gasteiger partial charge in [-0.3, -0.25) is 5.32 Å². The van der Waals surface area contributed by atoms with Crippen molar-refractivity contribution >= 4 is 34.0 Å². The topological polar surface area (TPSA) is 85.3 Å². The van der Waals surface area contributed by atoms with Gasteiger partial charge in [0.2, 0.25) is 5.95 Å². The Kier molecular flexibility index (Phi) is 5.99. The highest BCUT2D eigenvalue weighted by Crippen LogP contribution is 2.26. The van der Waals surface area contributed by atoms with Crippen LogP contribution in [0, 0.1) is 0 Å². The number of carbonyl (C=O) groups excluding carboxylic acids is 2. The largest absolute Gasteiger partial charge is 0.443 e. The fourth-order valence-corrected chi connectivity index (χ4v) is 2.49. The van der Waals surface area contributed by atoms with Crippen LogP contribution < -0.4 is 10.6 Å². The standard InChI is InChI=1S/C19H25BrN4O3/c1-18(2,3)23-16(25)22-15-21-11-14(12-7-9-13(20)10-8-12)24(15)17(26)27-19(4,5)6/h7-11H,1-6H3,(H2,21,22,23,25). The molecule has 0 saturated heterocycles. The van der Waals surface area contributed by atoms with Crippen LogP contribution >= 0.6 is 15.9 Å². The summed E-state index contributed by atoms with van der Waals surface area (Å²) in [6, 6.07) is 6.96. The van der Waals surface area contributed by atoms with Crippen molar-refractivity contribution in [2.24, 2.45) is 0 Å². The predicted octanol–water partition coefficient (Wildman–Crippen LogP) is 5.02. The second kappa shape index (κ2) is 7.72. The first-order valence-electron chi connectivity index (χ1n) is 8.52. The van der Waals surface area contributed by atoms with Gasteiger partial charge in [0.05, 0.1) is 11.9 Å². The SMILES string of the molecule is CC(C)(C)NC(=O)Nc1ncc(-c2ccc(Br)cc2)n1C(=O)OC(C)(C)C. The molecule has 27 heavy (non-hydrogen) atoms. The Morgan fingerprint density at radius 2 is 1.67 bits per heavy atom. The molecule has 0 aliphatic rings. The third-order valence-corrected chi connectivity index (χ3v) is 3.72. The molecule has 0 atom stereocenters. The summed E-state index contributed by atoms with van der Waals surface area (Å²) >= 11 is 3.39. The molecule has 8 heteroatoms. The van der Waals surface area contributed by atoms with Crippen LogP contribution in [0.4, 0.5) is 15.5 Å². The normalized spacial score (nSPS) is 11.8. The van der Waals surface area contributed by atoms with Crippen molar-refractivity contribution in [2.45, 2.75) is 52.7 Å². The smallest absolute Gasteiger partial charge is 0.421 e. The molecule has 2 rings (SSSR count). The summed E-state index contributed by atoms with van der Waals surface area (Å²) in [6.07, 6.45) is 0.906. The minimum absolute atomic E-state index is 0.0870. The van der Waals surface area contributed by atoms with Crippen LogP contribution in [0.2, 0.25) is 0 Å². The minimum Gasteiger partial charge on any atom is -0.443 e. The lowest BCUT2D eigenvalue weighted by molar-refractivity contribution is 0.0543. The molecule has 2 amide bonds. The maximum Gasteiger partial charge on any atom is 0.421 e. The quantitative estimate of drug-likeness (QED) is 0.691. The van der Waals surface area contributed by atoms with Gasteiger partial charge in [-0.25, -0.2) is 19.1 Å². The van der Waals surface area contributed by atoms with E-state index in [1.54, 1.807) is 20.8 Å². The van der Waals surface area contributed by atoms with Gasteiger partial charge in [-0.05, 0) is 53.7 Å². The number of nitrogens with one attached hydrogen (secondary N) is 2. The minimum atomic E-state index is -0.691. The highest BCUT2D eigenvalue weighted by Gasteiger charge is 2.25. The number of halogens is 1. The van der Waals surface area contributed by atoms with E-state index in [0.717, 1.165) is 10.0 Å². The van der Waals surface area contributed by atoms with Crippen LogP contribution in [0.15, 0.2) is 34.9 Å². The highest BCUT2D eigenvalue weighted by atomic mass is 79.9. The summed E-state index contributed by atoms with van der Waals surface area (Å²) in [5.41, 5.74) is 0.161. The number of carbonyl (C=O) groups is 2. The lowest BCUT2D eigenvalue weighted by Crippen LogP contribution is -2.43. The van der Waals surface area contributed by atoms with Crippen LogP contribution in [0.3, 0.4) is 0 Å². The lowest BCUT2D eigenvalue weighted by Gasteiger charge is -2.22. The van der Waals surface area contributed by atoms with E-state index in [2.05, 4.69) is 31.5 Å². The Hall–Kier alpha value is -2.35. The lowest BCUT2D eigenvalue weighted by atomic mass is 10.1. The molecule has 146 valence electrons. The summed E-state index contributed by atoms with van der Waals surface area (Å²) in [5.74, 6) is 0.0870. The Morgan fingerprint density at radius 3 is 2.19 bits per heavy atom. The monoisotopic (exact) mass is 436 g/mol. The van der Waals surface area contributed by atoms with Crippen molar-refractivity contribution in [3.05, 3.63) is 34.9 Å². The zero-order valence-corrected chi connectivity index (χ0v) is 18.0. The van der Waals surface area contributed by atoms with Crippen LogP contribution in [-0.4, -0.2) is 32.8 Å². The number of nitrogens with zero attached hydrogens (tertiary/aromatic N) is 2. The fourth-order valence-electron chi connectivity index (χ4n) is 2.23. The summed E-state index contributed by atoms with van der Waals surface area (Å²) in [5, 5.41) is 5.40. The van der Waals surface area contributed by atoms with E-state index in [1.165, 1.54) is 10.8 Å². The third kappa shape index (κ3) is 6.09. The van der Waals surface area contributed by atoms with Crippen LogP contribution in [-0.2, 0) is 4.74 Å². The van der Waals surface area contributed by atoms with Crippen molar-refractivity contribution in [3.63, 3.8) is 0 Å². The number of hydrogen-bond acceptors (Lipinski definition) is 4. The number of amides is 2. The van der Waals surface area contributed by atoms with Gasteiger partial charge in [0, 0.05) is 15.6 Å². The van der Waals surface area contributed by atoms with Gasteiger partial charge in [0.15, 0.2) is 0 Å². The molecule has 1 aromatic heterocycles. The fraction of sp³-hybridized carbons (Fsp3) is 0.421. The Labute approximate surface area is 167 Å². The number of aromatic nitrogens is 2. The molecular formula is C19H25BrN4O3. The van der Waals surface area contributed by atoms with Gasteiger partial charge in [-0.15, -0.1) is 0 Å². The maximum absolute atomic E-state index is 12.8. The Morgan fingerprint density at radius 1 is 1.07 bits per heavy atom. The first-order chi connectivity index (χ1) is 12.4. The number of rotatable bonds is 2. The number of urea groups is 1. The molecular weight excluding hydrogens is 412 g/mol. The van der Waals surface area contributed by atoms with Gasteiger partial charge < -0.3 is 10.1 Å². The van der Waals surface area contributed by atoms with E-state index in [0.29, 0.717) is 5.69 Å². The molecule has 2 aromatic rings. The molecule has 2 N–H and O–H groups in total. The van der Waals surface area contributed by atoms with Crippen molar-refractivity contribution in [2.75, 3.05) is 5.32 Å². The Bertz CT molecular complexity index is 830. The van der Waals surface area contributed by atoms with Gasteiger partial charge in [-0.1, -0.05) is 28.1 Å². The zero-order valence-electron chi connectivity index (χ0n) is 16.4. The molecule has 7 nitrogen and oxygen atoms in total. The zero-order chi connectivity index (χ0) is 20.4. The van der Waals surface area contributed by atoms with E-state index in [1.807, 2.05) is 45.0 Å². The van der Waals surface area contributed by atoms with E-state index in [4.69, 9.17) is 4.74 Å². The van der Waals surface area contributed by atoms with Crippen molar-refractivity contribution in [3.8, 4) is 11.3 Å². The molecule has 1 aromatic carbocycles. The molecule has 0 aliphatic heterocycles. The van der Waals surface area contributed by atoms with Crippen LogP contribution in [0.1, 0.15) is 41.5 Å². The number of benzene rings is 1. The molecule has 0 aliphatic carbocycles. The average molecular weight is 437 g/mol. The van der Waals surface area contributed by atoms with Crippen molar-refractivity contribution < 1.29 is 14.3 Å². The molecule has 1 heterocycles. The summed E-state index contributed by atoms with van der Waals surface area (Å²) in [4.78, 5) is 29.2. The maximum atomic E-state index is 12.8. The van der Waals surface area contributed by atoms with Gasteiger partial charge in [0.1, 0.15) is 5.60 Å². The second-order valence-corrected chi connectivity index (χ2v) is 9.03. The van der Waals surface area contributed by atoms with Crippen molar-refractivity contribution in [1.82, 2.24) is 14.9 Å². The first-order valence-corrected chi connectivity index (χ1v) is 9.31. The molecule has 0 bridgehead atoms. The van der Waals surface area contributed by atoms with E-state index < -0.39 is 23.3 Å². The van der Waals surface area contributed by atoms with Crippen molar-refractivity contribution in [1.29, 1.82) is 0 Å². The number of imidazole rings is 1. The first kappa shape index (κ1) is 21.0. The van der Waals surface area contributed by atoms with E-state index in [9.17, 15) is 9.59 Å². The van der Waals surface area contributed by atoms with Gasteiger partial charge in [0.25, 0.3) is 0 Å². The van der Waals surface area contributed by atoms with Gasteiger partial charge >= 0.3 is 12.1 Å². The molecule has 0 radical (unpaired) electrons. The molecule has 0 spiro atoms. The Balaban J connectivity index is 2.43. The number of anilines is 1. The summed E-state index contributed by atoms with van der Waals surface area (Å²) < 4.78 is 7.67. The third-order valence-electron chi connectivity index (χ3n) is 3.19. The number of ether oxygens (including phenoxy) is 1. The second-order valence-electron chi connectivity index (χ2n) is 8.12. The molecule has 0 fully saturated rings. The van der Waals surface area contributed by atoms with E-state index in [-0.39, 0.29) is 5.95 Å². The summed E-state index contributed by atoms with van der Waals surface area (Å²) in [7, 11) is 0. The highest BCUT2D eigenvalue weighted by molar-refractivity contribution is 9.10. The molecule has 0 unspecified atom stereocenters. The van der Waals surface area contributed by atoms with Crippen LogP contribution in [0.25, 0.3) is 11.3 Å². The average Bonchev–Trinajstić information content (AvgIpc) is 2.87. The summed E-state index contributed by atoms with van der Waals surface area (Å²) in [6.45, 7) is 10.9. The predicted molar refractivity (Wildman–Crippen MR) is 109 cm³/mol. The number of hydrogen-bond donors (Lipinski definition) is 2. The van der Waals surface area contributed by atoms with Gasteiger partial charge in [-0.2, -0.15) is 0 Å². The van der Waals surface area contributed by atoms with Crippen LogP contribution in [0.5, 0.6) is 0 Å². The molecule has 0 saturated carbocycles. The van der Waals surface area contributed by atoms with E-state index >= 15 is 0 Å².